The minimum atomic E-state index is -0.559. The number of hydrogen-bond donors (Lipinski definition) is 2. The highest BCUT2D eigenvalue weighted by Crippen LogP contribution is 2.26. The normalized spacial score (nSPS) is 12.6. The van der Waals surface area contributed by atoms with Crippen LogP contribution in [-0.2, 0) is 4.79 Å². The largest absolute Gasteiger partial charge is 0.322 e. The van der Waals surface area contributed by atoms with Gasteiger partial charge in [-0.15, -0.1) is 0 Å². The second-order valence-electron chi connectivity index (χ2n) is 4.65. The molecule has 1 atom stereocenters. The molecule has 3 N–H and O–H groups in total. The topological polar surface area (TPSA) is 68.0 Å². The van der Waals surface area contributed by atoms with Crippen molar-refractivity contribution in [2.75, 3.05) is 5.32 Å². The average molecular weight is 290 g/mol. The van der Waals surface area contributed by atoms with Gasteiger partial charge in [0, 0.05) is 0 Å². The van der Waals surface area contributed by atoms with Gasteiger partial charge in [0.15, 0.2) is 5.15 Å². The summed E-state index contributed by atoms with van der Waals surface area (Å²) in [6.45, 7) is 5.81. The Hall–Kier alpha value is -0.840. The molecule has 0 aliphatic carbocycles. The summed E-state index contributed by atoms with van der Waals surface area (Å²) in [7, 11) is 0. The van der Waals surface area contributed by atoms with Crippen molar-refractivity contribution in [3.63, 3.8) is 0 Å². The van der Waals surface area contributed by atoms with E-state index < -0.39 is 6.04 Å². The number of nitrogens with zero attached hydrogens (tertiary/aromatic N) is 1. The number of nitrogens with one attached hydrogen (secondary N) is 1. The number of halogens is 2. The molecule has 18 heavy (non-hydrogen) atoms. The zero-order valence-corrected chi connectivity index (χ0v) is 12.1. The van der Waals surface area contributed by atoms with E-state index in [1.54, 1.807) is 13.0 Å². The Morgan fingerprint density at radius 3 is 2.61 bits per heavy atom. The number of carbonyl (C=O) groups is 1. The van der Waals surface area contributed by atoms with Crippen LogP contribution in [0.4, 0.5) is 5.69 Å². The Balaban J connectivity index is 2.82. The summed E-state index contributed by atoms with van der Waals surface area (Å²) in [4.78, 5) is 15.8. The second-order valence-corrected chi connectivity index (χ2v) is 5.40. The van der Waals surface area contributed by atoms with Crippen molar-refractivity contribution >= 4 is 34.8 Å². The lowest BCUT2D eigenvalue weighted by atomic mass is 10.0. The molecular weight excluding hydrogens is 273 g/mol. The van der Waals surface area contributed by atoms with Crippen molar-refractivity contribution in [1.82, 2.24) is 4.98 Å². The van der Waals surface area contributed by atoms with Crippen LogP contribution in [0.3, 0.4) is 0 Å². The van der Waals surface area contributed by atoms with Crippen LogP contribution in [0.25, 0.3) is 0 Å². The van der Waals surface area contributed by atoms with E-state index in [4.69, 9.17) is 28.9 Å². The van der Waals surface area contributed by atoms with Crippen LogP contribution in [0.2, 0.25) is 10.3 Å². The van der Waals surface area contributed by atoms with E-state index >= 15 is 0 Å². The predicted molar refractivity (Wildman–Crippen MR) is 75.1 cm³/mol. The molecule has 0 saturated heterocycles. The van der Waals surface area contributed by atoms with E-state index in [1.165, 1.54) is 0 Å². The molecule has 0 spiro atoms. The molecule has 100 valence electrons. The first-order valence-corrected chi connectivity index (χ1v) is 6.46. The van der Waals surface area contributed by atoms with E-state index in [1.807, 2.05) is 13.8 Å². The molecule has 1 heterocycles. The fourth-order valence-electron chi connectivity index (χ4n) is 1.58. The van der Waals surface area contributed by atoms with E-state index in [0.717, 1.165) is 5.56 Å². The van der Waals surface area contributed by atoms with Crippen molar-refractivity contribution in [3.05, 3.63) is 21.9 Å². The highest BCUT2D eigenvalue weighted by Gasteiger charge is 2.18. The van der Waals surface area contributed by atoms with Gasteiger partial charge < -0.3 is 11.1 Å². The van der Waals surface area contributed by atoms with Gasteiger partial charge in [-0.2, -0.15) is 0 Å². The van der Waals surface area contributed by atoms with Crippen molar-refractivity contribution in [2.24, 2.45) is 11.7 Å². The summed E-state index contributed by atoms with van der Waals surface area (Å²) >= 11 is 11.7. The van der Waals surface area contributed by atoms with Crippen molar-refractivity contribution in [2.45, 2.75) is 33.2 Å². The molecule has 1 aromatic heterocycles. The molecule has 0 fully saturated rings. The van der Waals surface area contributed by atoms with E-state index in [-0.39, 0.29) is 11.1 Å². The van der Waals surface area contributed by atoms with E-state index in [0.29, 0.717) is 23.2 Å². The van der Waals surface area contributed by atoms with Crippen LogP contribution in [0.15, 0.2) is 6.07 Å². The van der Waals surface area contributed by atoms with Crippen molar-refractivity contribution < 1.29 is 4.79 Å². The zero-order valence-electron chi connectivity index (χ0n) is 10.6. The number of rotatable bonds is 4. The van der Waals surface area contributed by atoms with Gasteiger partial charge in [-0.25, -0.2) is 4.98 Å². The minimum absolute atomic E-state index is 0.171. The van der Waals surface area contributed by atoms with E-state index in [2.05, 4.69) is 10.3 Å². The smallest absolute Gasteiger partial charge is 0.241 e. The first-order chi connectivity index (χ1) is 8.31. The fourth-order valence-corrected chi connectivity index (χ4v) is 2.16. The quantitative estimate of drug-likeness (QED) is 0.837. The third-order valence-electron chi connectivity index (χ3n) is 2.45. The summed E-state index contributed by atoms with van der Waals surface area (Å²) in [5, 5.41) is 3.16. The lowest BCUT2D eigenvalue weighted by Gasteiger charge is -2.16. The molecule has 1 amide bonds. The Morgan fingerprint density at radius 1 is 1.50 bits per heavy atom. The summed E-state index contributed by atoms with van der Waals surface area (Å²) in [5.74, 6) is 0.0866. The van der Waals surface area contributed by atoms with Crippen LogP contribution in [0.5, 0.6) is 0 Å². The van der Waals surface area contributed by atoms with Gasteiger partial charge in [0.2, 0.25) is 5.91 Å². The SMILES string of the molecule is Cc1cc(Cl)nc(Cl)c1NC(=O)C(N)CC(C)C. The third-order valence-corrected chi connectivity index (χ3v) is 2.92. The van der Waals surface area contributed by atoms with Crippen molar-refractivity contribution in [1.29, 1.82) is 0 Å². The number of amides is 1. The predicted octanol–water partition coefficient (Wildman–Crippen LogP) is 3.01. The van der Waals surface area contributed by atoms with Crippen LogP contribution in [0, 0.1) is 12.8 Å². The first-order valence-electron chi connectivity index (χ1n) is 5.70. The Labute approximate surface area is 117 Å². The number of nitrogens with two attached hydrogens (primary N) is 1. The van der Waals surface area contributed by atoms with Crippen LogP contribution in [-0.4, -0.2) is 16.9 Å². The third kappa shape index (κ3) is 4.12. The lowest BCUT2D eigenvalue weighted by Crippen LogP contribution is -2.36. The molecule has 0 bridgehead atoms. The number of aryl methyl sites for hydroxylation is 1. The molecule has 1 unspecified atom stereocenters. The fraction of sp³-hybridized carbons (Fsp3) is 0.500. The minimum Gasteiger partial charge on any atom is -0.322 e. The van der Waals surface area contributed by atoms with Gasteiger partial charge in [-0.05, 0) is 30.9 Å². The molecular formula is C12H17Cl2N3O. The Kier molecular flexibility index (Phi) is 5.38. The van der Waals surface area contributed by atoms with Gasteiger partial charge >= 0.3 is 0 Å². The summed E-state index contributed by atoms with van der Waals surface area (Å²) in [6, 6.07) is 1.08. The first kappa shape index (κ1) is 15.2. The van der Waals surface area contributed by atoms with Crippen LogP contribution < -0.4 is 11.1 Å². The molecule has 0 aliphatic rings. The maximum atomic E-state index is 11.9. The molecule has 0 aromatic carbocycles. The molecule has 0 saturated carbocycles. The molecule has 4 nitrogen and oxygen atoms in total. The Bertz CT molecular complexity index is 426. The monoisotopic (exact) mass is 289 g/mol. The maximum Gasteiger partial charge on any atom is 0.241 e. The second kappa shape index (κ2) is 6.36. The lowest BCUT2D eigenvalue weighted by molar-refractivity contribution is -0.117. The van der Waals surface area contributed by atoms with Gasteiger partial charge in [0.05, 0.1) is 11.7 Å². The number of anilines is 1. The van der Waals surface area contributed by atoms with Gasteiger partial charge in [-0.1, -0.05) is 37.0 Å². The average Bonchev–Trinajstić information content (AvgIpc) is 2.21. The van der Waals surface area contributed by atoms with Crippen molar-refractivity contribution in [3.8, 4) is 0 Å². The van der Waals surface area contributed by atoms with Crippen LogP contribution in [0.1, 0.15) is 25.8 Å². The van der Waals surface area contributed by atoms with Crippen LogP contribution >= 0.6 is 23.2 Å². The standard InChI is InChI=1S/C12H17Cl2N3O/c1-6(2)4-8(15)12(18)17-10-7(3)5-9(13)16-11(10)14/h5-6,8H,4,15H2,1-3H3,(H,17,18). The molecule has 1 aromatic rings. The molecule has 6 heteroatoms. The molecule has 0 radical (unpaired) electrons. The van der Waals surface area contributed by atoms with Gasteiger partial charge in [0.25, 0.3) is 0 Å². The van der Waals surface area contributed by atoms with Gasteiger partial charge in [-0.3, -0.25) is 4.79 Å². The summed E-state index contributed by atoms with van der Waals surface area (Å²) in [6.07, 6.45) is 0.615. The maximum absolute atomic E-state index is 11.9. The molecule has 0 aliphatic heterocycles. The highest BCUT2D eigenvalue weighted by molar-refractivity contribution is 6.34. The number of pyridine rings is 1. The number of carbonyl (C=O) groups excluding carboxylic acids is 1. The highest BCUT2D eigenvalue weighted by atomic mass is 35.5. The summed E-state index contributed by atoms with van der Waals surface area (Å²) in [5.41, 5.74) is 7.01. The number of aromatic nitrogens is 1. The van der Waals surface area contributed by atoms with Gasteiger partial charge in [0.1, 0.15) is 5.15 Å². The van der Waals surface area contributed by atoms with E-state index in [9.17, 15) is 4.79 Å². The Morgan fingerprint density at radius 2 is 2.11 bits per heavy atom. The number of hydrogen-bond acceptors (Lipinski definition) is 3. The summed E-state index contributed by atoms with van der Waals surface area (Å²) < 4.78 is 0. The zero-order chi connectivity index (χ0) is 13.9. The molecule has 1 rings (SSSR count).